The molecule has 1 aromatic rings. The number of piperidine rings is 1. The number of hydrogen-bond donors (Lipinski definition) is 1. The second kappa shape index (κ2) is 6.40. The van der Waals surface area contributed by atoms with Gasteiger partial charge in [-0.15, -0.1) is 0 Å². The normalized spacial score (nSPS) is 25.3. The Kier molecular flexibility index (Phi) is 4.81. The number of benzene rings is 1. The van der Waals surface area contributed by atoms with Crippen molar-refractivity contribution in [2.75, 3.05) is 19.6 Å². The minimum atomic E-state index is -0.654. The van der Waals surface area contributed by atoms with Crippen molar-refractivity contribution >= 4 is 5.97 Å². The zero-order valence-electron chi connectivity index (χ0n) is 12.5. The summed E-state index contributed by atoms with van der Waals surface area (Å²) >= 11 is 0. The van der Waals surface area contributed by atoms with Crippen LogP contribution in [0.2, 0.25) is 0 Å². The summed E-state index contributed by atoms with van der Waals surface area (Å²) in [5.74, 6) is -0.132. The molecule has 1 heterocycles. The number of nitrogens with zero attached hydrogens (tertiary/aromatic N) is 1. The first-order valence-electron chi connectivity index (χ1n) is 7.52. The largest absolute Gasteiger partial charge is 0.481 e. The summed E-state index contributed by atoms with van der Waals surface area (Å²) in [5.41, 5.74) is 0.805. The highest BCUT2D eigenvalue weighted by Gasteiger charge is 2.37. The van der Waals surface area contributed by atoms with Crippen LogP contribution in [0, 0.1) is 5.41 Å². The molecule has 3 heteroatoms. The van der Waals surface area contributed by atoms with Crippen LogP contribution < -0.4 is 0 Å². The van der Waals surface area contributed by atoms with Crippen molar-refractivity contribution in [2.45, 2.75) is 39.0 Å². The highest BCUT2D eigenvalue weighted by atomic mass is 16.4. The maximum absolute atomic E-state index is 11.4. The van der Waals surface area contributed by atoms with Gasteiger partial charge in [0.1, 0.15) is 0 Å². The van der Waals surface area contributed by atoms with Gasteiger partial charge in [0.2, 0.25) is 0 Å². The van der Waals surface area contributed by atoms with Crippen LogP contribution in [0.25, 0.3) is 0 Å². The van der Waals surface area contributed by atoms with Crippen LogP contribution >= 0.6 is 0 Å². The molecule has 1 saturated heterocycles. The molecular weight excluding hydrogens is 250 g/mol. The highest BCUT2D eigenvalue weighted by Crippen LogP contribution is 2.30. The van der Waals surface area contributed by atoms with E-state index in [4.69, 9.17) is 0 Å². The average molecular weight is 275 g/mol. The molecule has 2 rings (SSSR count). The van der Waals surface area contributed by atoms with Gasteiger partial charge in [-0.2, -0.15) is 0 Å². The quantitative estimate of drug-likeness (QED) is 0.895. The van der Waals surface area contributed by atoms with Crippen molar-refractivity contribution in [3.05, 3.63) is 35.9 Å². The maximum atomic E-state index is 11.4. The predicted molar refractivity (Wildman–Crippen MR) is 80.9 cm³/mol. The first kappa shape index (κ1) is 15.0. The lowest BCUT2D eigenvalue weighted by molar-refractivity contribution is -0.151. The molecule has 0 radical (unpaired) electrons. The lowest BCUT2D eigenvalue weighted by atomic mass is 9.82. The standard InChI is InChI=1S/C17H25NO2/c1-14(15-7-4-3-5-8-15)9-12-18-11-6-10-17(2,13-18)16(19)20/h3-5,7-8,14H,6,9-13H2,1-2H3,(H,19,20). The molecule has 2 unspecified atom stereocenters. The number of rotatable bonds is 5. The van der Waals surface area contributed by atoms with Gasteiger partial charge in [0.15, 0.2) is 0 Å². The number of likely N-dealkylation sites (tertiary alicyclic amines) is 1. The number of carboxylic acid groups (broad SMARTS) is 1. The third kappa shape index (κ3) is 3.60. The van der Waals surface area contributed by atoms with Gasteiger partial charge < -0.3 is 10.0 Å². The first-order valence-corrected chi connectivity index (χ1v) is 7.52. The van der Waals surface area contributed by atoms with Crippen LogP contribution in [0.4, 0.5) is 0 Å². The lowest BCUT2D eigenvalue weighted by Gasteiger charge is -2.37. The van der Waals surface area contributed by atoms with Gasteiger partial charge in [-0.25, -0.2) is 0 Å². The molecule has 0 amide bonds. The molecule has 1 N–H and O–H groups in total. The fourth-order valence-electron chi connectivity index (χ4n) is 3.03. The van der Waals surface area contributed by atoms with E-state index in [0.29, 0.717) is 12.5 Å². The molecular formula is C17H25NO2. The molecule has 0 aromatic heterocycles. The monoisotopic (exact) mass is 275 g/mol. The Hall–Kier alpha value is -1.35. The van der Waals surface area contributed by atoms with Gasteiger partial charge in [-0.3, -0.25) is 4.79 Å². The minimum Gasteiger partial charge on any atom is -0.481 e. The van der Waals surface area contributed by atoms with Crippen molar-refractivity contribution in [2.24, 2.45) is 5.41 Å². The van der Waals surface area contributed by atoms with E-state index in [1.165, 1.54) is 5.56 Å². The summed E-state index contributed by atoms with van der Waals surface area (Å²) in [6, 6.07) is 10.5. The van der Waals surface area contributed by atoms with E-state index in [-0.39, 0.29) is 0 Å². The molecule has 0 spiro atoms. The fraction of sp³-hybridized carbons (Fsp3) is 0.588. The van der Waals surface area contributed by atoms with Crippen molar-refractivity contribution < 1.29 is 9.90 Å². The Morgan fingerprint density at radius 1 is 1.40 bits per heavy atom. The molecule has 3 nitrogen and oxygen atoms in total. The molecule has 2 atom stereocenters. The Balaban J connectivity index is 1.86. The van der Waals surface area contributed by atoms with Gasteiger partial charge in [-0.1, -0.05) is 37.3 Å². The number of aliphatic carboxylic acids is 1. The average Bonchev–Trinajstić information content (AvgIpc) is 2.46. The third-order valence-corrected chi connectivity index (χ3v) is 4.54. The maximum Gasteiger partial charge on any atom is 0.310 e. The van der Waals surface area contributed by atoms with Gasteiger partial charge in [-0.05, 0) is 50.8 Å². The first-order chi connectivity index (χ1) is 9.51. The van der Waals surface area contributed by atoms with Crippen LogP contribution in [0.3, 0.4) is 0 Å². The van der Waals surface area contributed by atoms with Crippen molar-refractivity contribution in [3.63, 3.8) is 0 Å². The van der Waals surface area contributed by atoms with Crippen LogP contribution in [0.5, 0.6) is 0 Å². The van der Waals surface area contributed by atoms with Gasteiger partial charge in [0.05, 0.1) is 5.41 Å². The number of carboxylic acids is 1. The molecule has 0 aliphatic carbocycles. The SMILES string of the molecule is CC(CCN1CCCC(C)(C(=O)O)C1)c1ccccc1. The number of carbonyl (C=O) groups is 1. The summed E-state index contributed by atoms with van der Waals surface area (Å²) < 4.78 is 0. The second-order valence-electron chi connectivity index (χ2n) is 6.35. The topological polar surface area (TPSA) is 40.5 Å². The summed E-state index contributed by atoms with van der Waals surface area (Å²) in [4.78, 5) is 13.7. The fourth-order valence-corrected chi connectivity index (χ4v) is 3.03. The third-order valence-electron chi connectivity index (χ3n) is 4.54. The van der Waals surface area contributed by atoms with Crippen LogP contribution in [-0.2, 0) is 4.79 Å². The van der Waals surface area contributed by atoms with Crippen LogP contribution in [-0.4, -0.2) is 35.6 Å². The van der Waals surface area contributed by atoms with E-state index in [0.717, 1.165) is 32.4 Å². The van der Waals surface area contributed by atoms with E-state index >= 15 is 0 Å². The molecule has 20 heavy (non-hydrogen) atoms. The summed E-state index contributed by atoms with van der Waals surface area (Å²) in [6.45, 7) is 6.82. The Morgan fingerprint density at radius 3 is 2.75 bits per heavy atom. The van der Waals surface area contributed by atoms with E-state index in [9.17, 15) is 9.90 Å². The van der Waals surface area contributed by atoms with Crippen LogP contribution in [0.1, 0.15) is 44.6 Å². The van der Waals surface area contributed by atoms with Gasteiger partial charge in [0.25, 0.3) is 0 Å². The molecule has 0 saturated carbocycles. The molecule has 1 aliphatic rings. The summed E-state index contributed by atoms with van der Waals surface area (Å²) in [7, 11) is 0. The minimum absolute atomic E-state index is 0.522. The van der Waals surface area contributed by atoms with E-state index in [1.807, 2.05) is 13.0 Å². The Labute approximate surface area is 121 Å². The van der Waals surface area contributed by atoms with Crippen LogP contribution in [0.15, 0.2) is 30.3 Å². The molecule has 1 fully saturated rings. The molecule has 1 aliphatic heterocycles. The van der Waals surface area contributed by atoms with E-state index in [2.05, 4.69) is 36.1 Å². The van der Waals surface area contributed by atoms with E-state index in [1.54, 1.807) is 0 Å². The second-order valence-corrected chi connectivity index (χ2v) is 6.35. The van der Waals surface area contributed by atoms with Crippen molar-refractivity contribution in [1.29, 1.82) is 0 Å². The van der Waals surface area contributed by atoms with Gasteiger partial charge in [0, 0.05) is 6.54 Å². The lowest BCUT2D eigenvalue weighted by Crippen LogP contribution is -2.46. The zero-order chi connectivity index (χ0) is 14.6. The van der Waals surface area contributed by atoms with Crippen molar-refractivity contribution in [3.8, 4) is 0 Å². The summed E-state index contributed by atoms with van der Waals surface area (Å²) in [5, 5.41) is 9.34. The van der Waals surface area contributed by atoms with E-state index < -0.39 is 11.4 Å². The zero-order valence-corrected chi connectivity index (χ0v) is 12.5. The number of hydrogen-bond acceptors (Lipinski definition) is 2. The molecule has 0 bridgehead atoms. The van der Waals surface area contributed by atoms with Gasteiger partial charge >= 0.3 is 5.97 Å². The smallest absolute Gasteiger partial charge is 0.310 e. The van der Waals surface area contributed by atoms with Crippen molar-refractivity contribution in [1.82, 2.24) is 4.90 Å². The molecule has 1 aromatic carbocycles. The highest BCUT2D eigenvalue weighted by molar-refractivity contribution is 5.74. The molecule has 110 valence electrons. The Morgan fingerprint density at radius 2 is 2.10 bits per heavy atom. The predicted octanol–water partition coefficient (Wildman–Crippen LogP) is 3.37. The summed E-state index contributed by atoms with van der Waals surface area (Å²) in [6.07, 6.45) is 2.87. The Bertz CT molecular complexity index is 446.